The summed E-state index contributed by atoms with van der Waals surface area (Å²) in [5, 5.41) is 0. The summed E-state index contributed by atoms with van der Waals surface area (Å²) in [5.74, 6) is -4.92. The number of hydrogen-bond donors (Lipinski definition) is 0. The van der Waals surface area contributed by atoms with Crippen molar-refractivity contribution in [1.29, 1.82) is 0 Å². The van der Waals surface area contributed by atoms with E-state index in [4.69, 9.17) is 42.6 Å². The summed E-state index contributed by atoms with van der Waals surface area (Å²) < 4.78 is 50.3. The fraction of sp³-hybridized carbons (Fsp3) is 0.769. The standard InChI is InChI=1S/C26H38O15/c1-9-18-11(2)20(34-13(4)28)23(37-16(7)31)25(39-18)41-26-24(38-17(8)32)22(36-15(6)30)21(35-14(5)29)19(40-26)10-33-12(3)27/h11,18-26H,9-10H2,1-8H3/t11?,18?,19?,20?,21?,22?,23?,24-,25?,26?/m0/s1. The molecule has 0 aromatic rings. The zero-order chi connectivity index (χ0) is 31.0. The van der Waals surface area contributed by atoms with E-state index in [1.165, 1.54) is 6.92 Å². The first-order valence-corrected chi connectivity index (χ1v) is 13.1. The third-order valence-electron chi connectivity index (χ3n) is 6.23. The first kappa shape index (κ1) is 33.9. The summed E-state index contributed by atoms with van der Waals surface area (Å²) >= 11 is 0. The Bertz CT molecular complexity index is 980. The molecule has 2 aliphatic rings. The molecule has 0 radical (unpaired) electrons. The predicted octanol–water partition coefficient (Wildman–Crippen LogP) is 0.721. The summed E-state index contributed by atoms with van der Waals surface area (Å²) in [6.45, 7) is 9.85. The van der Waals surface area contributed by atoms with E-state index >= 15 is 0 Å². The SMILES string of the molecule is CCC1OC(OC2OC(COC(C)=O)C(OC(C)=O)C(OC(C)=O)[C@@H]2OC(C)=O)C(OC(C)=O)C(OC(C)=O)C1C. The molecule has 0 N–H and O–H groups in total. The molecule has 0 aliphatic carbocycles. The summed E-state index contributed by atoms with van der Waals surface area (Å²) in [6.07, 6.45) is -11.1. The van der Waals surface area contributed by atoms with Crippen molar-refractivity contribution in [2.45, 2.75) is 117 Å². The fourth-order valence-electron chi connectivity index (χ4n) is 4.73. The molecule has 2 saturated heterocycles. The van der Waals surface area contributed by atoms with E-state index in [9.17, 15) is 28.8 Å². The first-order valence-electron chi connectivity index (χ1n) is 13.1. The van der Waals surface area contributed by atoms with Crippen LogP contribution in [0, 0.1) is 5.92 Å². The average Bonchev–Trinajstić information content (AvgIpc) is 2.83. The van der Waals surface area contributed by atoms with Crippen LogP contribution in [0.15, 0.2) is 0 Å². The van der Waals surface area contributed by atoms with Gasteiger partial charge >= 0.3 is 35.8 Å². The molecule has 0 amide bonds. The zero-order valence-corrected chi connectivity index (χ0v) is 24.3. The van der Waals surface area contributed by atoms with Crippen LogP contribution in [0.2, 0.25) is 0 Å². The van der Waals surface area contributed by atoms with Gasteiger partial charge in [0.25, 0.3) is 0 Å². The number of esters is 6. The van der Waals surface area contributed by atoms with E-state index in [2.05, 4.69) is 0 Å². The van der Waals surface area contributed by atoms with Gasteiger partial charge in [-0.15, -0.1) is 0 Å². The third kappa shape index (κ3) is 9.64. The van der Waals surface area contributed by atoms with Gasteiger partial charge in [-0.1, -0.05) is 13.8 Å². The summed E-state index contributed by atoms with van der Waals surface area (Å²) in [7, 11) is 0. The van der Waals surface area contributed by atoms with Crippen molar-refractivity contribution in [2.24, 2.45) is 5.92 Å². The second kappa shape index (κ2) is 15.1. The van der Waals surface area contributed by atoms with Crippen LogP contribution in [0.5, 0.6) is 0 Å². The Morgan fingerprint density at radius 1 is 0.537 bits per heavy atom. The molecule has 41 heavy (non-hydrogen) atoms. The molecule has 0 aromatic carbocycles. The van der Waals surface area contributed by atoms with E-state index < -0.39 is 104 Å². The molecule has 0 aromatic heterocycles. The second-order valence-electron chi connectivity index (χ2n) is 9.66. The molecule has 2 fully saturated rings. The maximum Gasteiger partial charge on any atom is 0.303 e. The Morgan fingerprint density at radius 2 is 0.927 bits per heavy atom. The molecule has 9 unspecified atom stereocenters. The van der Waals surface area contributed by atoms with Crippen LogP contribution in [-0.2, 0) is 71.4 Å². The lowest BCUT2D eigenvalue weighted by atomic mass is 9.89. The van der Waals surface area contributed by atoms with Crippen LogP contribution in [-0.4, -0.2) is 97.7 Å². The Kier molecular flexibility index (Phi) is 12.5. The van der Waals surface area contributed by atoms with Crippen LogP contribution >= 0.6 is 0 Å². The number of carbonyl (C=O) groups excluding carboxylic acids is 6. The van der Waals surface area contributed by atoms with Crippen LogP contribution < -0.4 is 0 Å². The molecule has 15 heteroatoms. The van der Waals surface area contributed by atoms with E-state index in [1.807, 2.05) is 6.92 Å². The molecule has 2 rings (SSSR count). The van der Waals surface area contributed by atoms with Gasteiger partial charge in [-0.3, -0.25) is 28.8 Å². The van der Waals surface area contributed by atoms with E-state index in [-0.39, 0.29) is 0 Å². The van der Waals surface area contributed by atoms with Crippen LogP contribution in [0.4, 0.5) is 0 Å². The Morgan fingerprint density at radius 3 is 1.37 bits per heavy atom. The summed E-state index contributed by atoms with van der Waals surface area (Å²) in [5.41, 5.74) is 0. The minimum absolute atomic E-state index is 0.427. The van der Waals surface area contributed by atoms with Gasteiger partial charge < -0.3 is 42.6 Å². The number of carbonyl (C=O) groups is 6. The quantitative estimate of drug-likeness (QED) is 0.256. The van der Waals surface area contributed by atoms with Gasteiger partial charge in [0, 0.05) is 47.5 Å². The second-order valence-corrected chi connectivity index (χ2v) is 9.66. The monoisotopic (exact) mass is 590 g/mol. The minimum Gasteiger partial charge on any atom is -0.463 e. The van der Waals surface area contributed by atoms with Crippen LogP contribution in [0.3, 0.4) is 0 Å². The predicted molar refractivity (Wildman–Crippen MR) is 132 cm³/mol. The fourth-order valence-corrected chi connectivity index (χ4v) is 4.73. The smallest absolute Gasteiger partial charge is 0.303 e. The normalized spacial score (nSPS) is 33.1. The maximum atomic E-state index is 12.1. The lowest BCUT2D eigenvalue weighted by Gasteiger charge is -2.48. The highest BCUT2D eigenvalue weighted by atomic mass is 16.8. The molecule has 0 saturated carbocycles. The molecule has 0 spiro atoms. The molecule has 232 valence electrons. The summed E-state index contributed by atoms with van der Waals surface area (Å²) in [4.78, 5) is 71.7. The Labute approximate surface area is 237 Å². The Balaban J connectivity index is 2.57. The molecule has 2 heterocycles. The minimum atomic E-state index is -1.61. The van der Waals surface area contributed by atoms with Crippen molar-refractivity contribution in [3.05, 3.63) is 0 Å². The third-order valence-corrected chi connectivity index (χ3v) is 6.23. The maximum absolute atomic E-state index is 12.1. The molecule has 10 atom stereocenters. The lowest BCUT2D eigenvalue weighted by molar-refractivity contribution is -0.372. The van der Waals surface area contributed by atoms with E-state index in [0.29, 0.717) is 6.42 Å². The average molecular weight is 591 g/mol. The van der Waals surface area contributed by atoms with Crippen molar-refractivity contribution >= 4 is 35.8 Å². The van der Waals surface area contributed by atoms with Crippen molar-refractivity contribution in [3.63, 3.8) is 0 Å². The van der Waals surface area contributed by atoms with Gasteiger partial charge in [-0.2, -0.15) is 0 Å². The largest absolute Gasteiger partial charge is 0.463 e. The topological polar surface area (TPSA) is 185 Å². The summed E-state index contributed by atoms with van der Waals surface area (Å²) in [6, 6.07) is 0. The number of rotatable bonds is 10. The van der Waals surface area contributed by atoms with Crippen molar-refractivity contribution in [1.82, 2.24) is 0 Å². The van der Waals surface area contributed by atoms with E-state index in [1.54, 1.807) is 6.92 Å². The van der Waals surface area contributed by atoms with Gasteiger partial charge in [0.2, 0.25) is 12.6 Å². The van der Waals surface area contributed by atoms with Gasteiger partial charge in [-0.25, -0.2) is 0 Å². The highest BCUT2D eigenvalue weighted by molar-refractivity contribution is 5.69. The molecular weight excluding hydrogens is 552 g/mol. The van der Waals surface area contributed by atoms with Crippen LogP contribution in [0.25, 0.3) is 0 Å². The zero-order valence-electron chi connectivity index (χ0n) is 24.3. The Hall–Kier alpha value is -3.30. The van der Waals surface area contributed by atoms with Crippen molar-refractivity contribution in [2.75, 3.05) is 6.61 Å². The van der Waals surface area contributed by atoms with Gasteiger partial charge in [0.05, 0.1) is 6.10 Å². The van der Waals surface area contributed by atoms with Gasteiger partial charge in [0.15, 0.2) is 24.4 Å². The molecule has 0 bridgehead atoms. The highest BCUT2D eigenvalue weighted by Gasteiger charge is 2.56. The van der Waals surface area contributed by atoms with Crippen molar-refractivity contribution < 1.29 is 71.4 Å². The molecule has 2 aliphatic heterocycles. The lowest BCUT2D eigenvalue weighted by Crippen LogP contribution is -2.65. The van der Waals surface area contributed by atoms with Gasteiger partial charge in [-0.05, 0) is 6.42 Å². The number of ether oxygens (including phenoxy) is 9. The highest BCUT2D eigenvalue weighted by Crippen LogP contribution is 2.36. The van der Waals surface area contributed by atoms with E-state index in [0.717, 1.165) is 34.6 Å². The van der Waals surface area contributed by atoms with Crippen LogP contribution in [0.1, 0.15) is 61.8 Å². The van der Waals surface area contributed by atoms with Gasteiger partial charge in [0.1, 0.15) is 18.8 Å². The van der Waals surface area contributed by atoms with Crippen molar-refractivity contribution in [3.8, 4) is 0 Å². The number of hydrogen-bond acceptors (Lipinski definition) is 15. The first-order chi connectivity index (χ1) is 19.1. The molecule has 15 nitrogen and oxygen atoms in total. The molecular formula is C26H38O15.